The van der Waals surface area contributed by atoms with E-state index in [4.69, 9.17) is 0 Å². The Morgan fingerprint density at radius 3 is 2.11 bits per heavy atom. The number of hydrogen-bond acceptors (Lipinski definition) is 0. The molecule has 0 atom stereocenters. The second kappa shape index (κ2) is 9.23. The molecule has 0 aromatic carbocycles. The maximum absolute atomic E-state index is 4.04. The second-order valence-electron chi connectivity index (χ2n) is 3.95. The fourth-order valence-corrected chi connectivity index (χ4v) is 1.51. The average Bonchev–Trinajstić information content (AvgIpc) is 2.37. The molecule has 0 bridgehead atoms. The van der Waals surface area contributed by atoms with Crippen LogP contribution in [0.5, 0.6) is 0 Å². The van der Waals surface area contributed by atoms with Gasteiger partial charge in [-0.1, -0.05) is 55.7 Å². The normalized spacial score (nSPS) is 14.6. The Labute approximate surface area is 112 Å². The molecule has 0 saturated carbocycles. The second-order valence-corrected chi connectivity index (χ2v) is 3.95. The Hall–Kier alpha value is -1.82. The predicted molar refractivity (Wildman–Crippen MR) is 84.6 cm³/mol. The van der Waals surface area contributed by atoms with Crippen LogP contribution in [0, 0.1) is 0 Å². The van der Waals surface area contributed by atoms with E-state index >= 15 is 0 Å². The smallest absolute Gasteiger partial charge is 0.0190 e. The third kappa shape index (κ3) is 5.49. The first kappa shape index (κ1) is 16.2. The van der Waals surface area contributed by atoms with Crippen LogP contribution < -0.4 is 0 Å². The molecular weight excluding hydrogens is 216 g/mol. The van der Waals surface area contributed by atoms with Gasteiger partial charge in [-0.25, -0.2) is 0 Å². The minimum absolute atomic E-state index is 0.977. The summed E-state index contributed by atoms with van der Waals surface area (Å²) in [4.78, 5) is 0. The predicted octanol–water partition coefficient (Wildman–Crippen LogP) is 5.70. The molecule has 0 heteroatoms. The third-order valence-corrected chi connectivity index (χ3v) is 2.57. The van der Waals surface area contributed by atoms with Crippen molar-refractivity contribution in [1.29, 1.82) is 0 Å². The fraction of sp³-hybridized carbons (Fsp3) is 0.222. The Morgan fingerprint density at radius 2 is 1.67 bits per heavy atom. The van der Waals surface area contributed by atoms with E-state index in [1.165, 1.54) is 11.1 Å². The fourth-order valence-electron chi connectivity index (χ4n) is 1.51. The summed E-state index contributed by atoms with van der Waals surface area (Å²) in [6.07, 6.45) is 16.2. The standard InChI is InChI=1S/C18H24/c1-7-11-13-16(6)18(10-4)14-17(9-3)15(5)12-8-2/h7-14H,3,5H2,1-2,4,6H3/b11-7-,12-8-,16-13-,17-14-,18-10-. The first-order chi connectivity index (χ1) is 8.60. The van der Waals surface area contributed by atoms with E-state index in [-0.39, 0.29) is 0 Å². The van der Waals surface area contributed by atoms with Gasteiger partial charge >= 0.3 is 0 Å². The highest BCUT2D eigenvalue weighted by molar-refractivity contribution is 5.51. The van der Waals surface area contributed by atoms with Crippen LogP contribution >= 0.6 is 0 Å². The zero-order chi connectivity index (χ0) is 14.0. The van der Waals surface area contributed by atoms with Crippen LogP contribution in [0.15, 0.2) is 84.1 Å². The first-order valence-electron chi connectivity index (χ1n) is 6.23. The molecule has 0 rings (SSSR count). The van der Waals surface area contributed by atoms with Gasteiger partial charge in [0.25, 0.3) is 0 Å². The van der Waals surface area contributed by atoms with Crippen LogP contribution in [0.3, 0.4) is 0 Å². The van der Waals surface area contributed by atoms with Gasteiger partial charge in [0, 0.05) is 0 Å². The van der Waals surface area contributed by atoms with Crippen LogP contribution in [0.25, 0.3) is 0 Å². The molecule has 0 aromatic heterocycles. The minimum Gasteiger partial charge on any atom is -0.0984 e. The lowest BCUT2D eigenvalue weighted by Gasteiger charge is -2.06. The van der Waals surface area contributed by atoms with Crippen molar-refractivity contribution in [2.45, 2.75) is 27.7 Å². The largest absolute Gasteiger partial charge is 0.0984 e. The monoisotopic (exact) mass is 240 g/mol. The van der Waals surface area contributed by atoms with Crippen molar-refractivity contribution < 1.29 is 0 Å². The zero-order valence-corrected chi connectivity index (χ0v) is 12.0. The Bertz CT molecular complexity index is 435. The summed E-state index contributed by atoms with van der Waals surface area (Å²) >= 11 is 0. The third-order valence-electron chi connectivity index (χ3n) is 2.57. The van der Waals surface area contributed by atoms with E-state index in [9.17, 15) is 0 Å². The van der Waals surface area contributed by atoms with Gasteiger partial charge in [0.1, 0.15) is 0 Å². The van der Waals surface area contributed by atoms with Crippen LogP contribution in [0.1, 0.15) is 27.7 Å². The maximum atomic E-state index is 4.04. The summed E-state index contributed by atoms with van der Waals surface area (Å²) in [6, 6.07) is 0. The van der Waals surface area contributed by atoms with Crippen LogP contribution in [-0.2, 0) is 0 Å². The van der Waals surface area contributed by atoms with Gasteiger partial charge < -0.3 is 0 Å². The molecule has 0 unspecified atom stereocenters. The van der Waals surface area contributed by atoms with Crippen molar-refractivity contribution >= 4 is 0 Å². The van der Waals surface area contributed by atoms with Crippen LogP contribution in [0.2, 0.25) is 0 Å². The molecular formula is C18H24. The van der Waals surface area contributed by atoms with Crippen LogP contribution in [-0.4, -0.2) is 0 Å². The highest BCUT2D eigenvalue weighted by Crippen LogP contribution is 2.18. The average molecular weight is 240 g/mol. The lowest BCUT2D eigenvalue weighted by Crippen LogP contribution is -1.86. The van der Waals surface area contributed by atoms with Gasteiger partial charge in [-0.05, 0) is 56.1 Å². The summed E-state index contributed by atoms with van der Waals surface area (Å²) in [6.45, 7) is 16.0. The molecule has 0 fully saturated rings. The summed E-state index contributed by atoms with van der Waals surface area (Å²) < 4.78 is 0. The Morgan fingerprint density at radius 1 is 1.00 bits per heavy atom. The van der Waals surface area contributed by atoms with Crippen LogP contribution in [0.4, 0.5) is 0 Å². The SMILES string of the molecule is C=C/C(=C/C(=C/C)C(/C)=C\C=C/C)C(=C)/C=C\C. The van der Waals surface area contributed by atoms with E-state index in [0.717, 1.165) is 11.1 Å². The van der Waals surface area contributed by atoms with Gasteiger partial charge in [0.05, 0.1) is 0 Å². The van der Waals surface area contributed by atoms with E-state index in [2.05, 4.69) is 38.3 Å². The zero-order valence-electron chi connectivity index (χ0n) is 12.0. The molecule has 0 aliphatic heterocycles. The summed E-state index contributed by atoms with van der Waals surface area (Å²) in [5.41, 5.74) is 4.44. The molecule has 18 heavy (non-hydrogen) atoms. The Balaban J connectivity index is 5.33. The molecule has 96 valence electrons. The molecule has 0 radical (unpaired) electrons. The molecule has 0 N–H and O–H groups in total. The van der Waals surface area contributed by atoms with Gasteiger partial charge in [-0.15, -0.1) is 0 Å². The maximum Gasteiger partial charge on any atom is -0.0190 e. The van der Waals surface area contributed by atoms with Gasteiger partial charge in [-0.2, -0.15) is 0 Å². The Kier molecular flexibility index (Phi) is 8.30. The lowest BCUT2D eigenvalue weighted by atomic mass is 9.99. The minimum atomic E-state index is 0.977. The first-order valence-corrected chi connectivity index (χ1v) is 6.23. The summed E-state index contributed by atoms with van der Waals surface area (Å²) in [7, 11) is 0. The molecule has 0 spiro atoms. The molecule has 0 heterocycles. The van der Waals surface area contributed by atoms with E-state index in [1.807, 2.05) is 51.2 Å². The quantitative estimate of drug-likeness (QED) is 0.522. The van der Waals surface area contributed by atoms with Crippen molar-refractivity contribution in [3.63, 3.8) is 0 Å². The van der Waals surface area contributed by atoms with E-state index in [1.54, 1.807) is 0 Å². The van der Waals surface area contributed by atoms with Gasteiger partial charge in [0.2, 0.25) is 0 Å². The van der Waals surface area contributed by atoms with Crippen molar-refractivity contribution in [3.8, 4) is 0 Å². The molecule has 0 aliphatic carbocycles. The molecule has 0 aromatic rings. The highest BCUT2D eigenvalue weighted by Gasteiger charge is 1.99. The number of allylic oxidation sites excluding steroid dienone is 12. The van der Waals surface area contributed by atoms with Crippen molar-refractivity contribution in [2.75, 3.05) is 0 Å². The lowest BCUT2D eigenvalue weighted by molar-refractivity contribution is 1.38. The topological polar surface area (TPSA) is 0 Å². The van der Waals surface area contributed by atoms with Crippen molar-refractivity contribution in [3.05, 3.63) is 84.1 Å². The summed E-state index contributed by atoms with van der Waals surface area (Å²) in [5, 5.41) is 0. The molecule has 0 saturated heterocycles. The molecule has 0 nitrogen and oxygen atoms in total. The van der Waals surface area contributed by atoms with Crippen molar-refractivity contribution in [2.24, 2.45) is 0 Å². The highest BCUT2D eigenvalue weighted by atomic mass is 14.0. The van der Waals surface area contributed by atoms with E-state index in [0.29, 0.717) is 0 Å². The van der Waals surface area contributed by atoms with E-state index < -0.39 is 0 Å². The summed E-state index contributed by atoms with van der Waals surface area (Å²) in [5.74, 6) is 0. The van der Waals surface area contributed by atoms with Gasteiger partial charge in [-0.3, -0.25) is 0 Å². The number of rotatable bonds is 6. The van der Waals surface area contributed by atoms with Gasteiger partial charge in [0.15, 0.2) is 0 Å². The molecule has 0 aliphatic rings. The number of hydrogen-bond donors (Lipinski definition) is 0. The molecule has 0 amide bonds. The van der Waals surface area contributed by atoms with Crippen molar-refractivity contribution in [1.82, 2.24) is 0 Å².